The normalized spacial score (nSPS) is 28.5. The quantitative estimate of drug-likeness (QED) is 0.655. The third-order valence-corrected chi connectivity index (χ3v) is 4.82. The molecule has 1 aliphatic heterocycles. The van der Waals surface area contributed by atoms with Crippen molar-refractivity contribution in [2.24, 2.45) is 11.3 Å². The molecule has 2 fully saturated rings. The van der Waals surface area contributed by atoms with E-state index in [4.69, 9.17) is 4.74 Å². The average molecular weight is 306 g/mol. The first kappa shape index (κ1) is 14.8. The highest BCUT2D eigenvalue weighted by Crippen LogP contribution is 2.52. The maximum atomic E-state index is 12.3. The third kappa shape index (κ3) is 2.12. The second kappa shape index (κ2) is 4.95. The van der Waals surface area contributed by atoms with Crippen LogP contribution in [-0.2, 0) is 4.74 Å². The predicted octanol–water partition coefficient (Wildman–Crippen LogP) is 1.84. The largest absolute Gasteiger partial charge is 0.502 e. The minimum Gasteiger partial charge on any atom is -0.502 e. The molecular formula is C15H18N2O5. The lowest BCUT2D eigenvalue weighted by atomic mass is 9.57. The first-order chi connectivity index (χ1) is 10.3. The number of rotatable bonds is 3. The van der Waals surface area contributed by atoms with E-state index in [1.807, 2.05) is 0 Å². The fourth-order valence-corrected chi connectivity index (χ4v) is 3.66. The molecule has 1 aromatic rings. The van der Waals surface area contributed by atoms with Crippen molar-refractivity contribution in [3.05, 3.63) is 33.9 Å². The predicted molar refractivity (Wildman–Crippen MR) is 77.6 cm³/mol. The lowest BCUT2D eigenvalue weighted by molar-refractivity contribution is -0.385. The van der Waals surface area contributed by atoms with Gasteiger partial charge in [0.25, 0.3) is 5.91 Å². The van der Waals surface area contributed by atoms with Crippen LogP contribution in [0.15, 0.2) is 18.2 Å². The average Bonchev–Trinajstić information content (AvgIpc) is 2.90. The molecule has 22 heavy (non-hydrogen) atoms. The molecule has 1 aliphatic carbocycles. The summed E-state index contributed by atoms with van der Waals surface area (Å²) in [6.07, 6.45) is 1.09. The van der Waals surface area contributed by atoms with Crippen molar-refractivity contribution in [3.63, 3.8) is 0 Å². The Balaban J connectivity index is 1.75. The summed E-state index contributed by atoms with van der Waals surface area (Å²) in [6.45, 7) is 4.82. The molecule has 1 saturated heterocycles. The molecule has 3 rings (SSSR count). The van der Waals surface area contributed by atoms with Crippen LogP contribution >= 0.6 is 0 Å². The molecule has 0 aromatic heterocycles. The Morgan fingerprint density at radius 1 is 1.50 bits per heavy atom. The summed E-state index contributed by atoms with van der Waals surface area (Å²) in [5, 5.41) is 23.3. The van der Waals surface area contributed by atoms with Gasteiger partial charge in [-0.25, -0.2) is 0 Å². The minimum atomic E-state index is -0.688. The Hall–Kier alpha value is -2.15. The van der Waals surface area contributed by atoms with Gasteiger partial charge in [-0.15, -0.1) is 0 Å². The van der Waals surface area contributed by atoms with Gasteiger partial charge in [0, 0.05) is 35.6 Å². The van der Waals surface area contributed by atoms with E-state index >= 15 is 0 Å². The fraction of sp³-hybridized carbons (Fsp3) is 0.533. The molecule has 3 atom stereocenters. The van der Waals surface area contributed by atoms with Crippen LogP contribution < -0.4 is 5.32 Å². The monoisotopic (exact) mass is 306 g/mol. The number of hydrogen-bond acceptors (Lipinski definition) is 5. The van der Waals surface area contributed by atoms with E-state index in [2.05, 4.69) is 19.2 Å². The van der Waals surface area contributed by atoms with Gasteiger partial charge in [0.2, 0.25) is 0 Å². The molecule has 0 unspecified atom stereocenters. The highest BCUT2D eigenvalue weighted by molar-refractivity contribution is 5.95. The lowest BCUT2D eigenvalue weighted by Crippen LogP contribution is -2.66. The van der Waals surface area contributed by atoms with Crippen LogP contribution in [0.2, 0.25) is 0 Å². The number of phenolic OH excluding ortho intramolecular Hbond substituents is 1. The van der Waals surface area contributed by atoms with Crippen LogP contribution in [0.3, 0.4) is 0 Å². The smallest absolute Gasteiger partial charge is 0.310 e. The van der Waals surface area contributed by atoms with Crippen molar-refractivity contribution in [1.82, 2.24) is 5.32 Å². The van der Waals surface area contributed by atoms with Gasteiger partial charge in [0.15, 0.2) is 5.75 Å². The number of ether oxygens (including phenoxy) is 1. The van der Waals surface area contributed by atoms with E-state index in [-0.39, 0.29) is 29.0 Å². The number of carbonyl (C=O) groups excluding carboxylic acids is 1. The maximum Gasteiger partial charge on any atom is 0.310 e. The molecule has 1 aromatic carbocycles. The van der Waals surface area contributed by atoms with Gasteiger partial charge < -0.3 is 15.2 Å². The molecule has 0 radical (unpaired) electrons. The number of nitro groups is 1. The maximum absolute atomic E-state index is 12.3. The topological polar surface area (TPSA) is 102 Å². The molecule has 1 heterocycles. The molecule has 1 saturated carbocycles. The number of nitrogens with one attached hydrogen (secondary N) is 1. The molecule has 7 nitrogen and oxygen atoms in total. The number of phenols is 1. The Morgan fingerprint density at radius 3 is 2.86 bits per heavy atom. The molecule has 118 valence electrons. The van der Waals surface area contributed by atoms with Crippen LogP contribution in [0.4, 0.5) is 5.69 Å². The Kier molecular flexibility index (Phi) is 3.32. The van der Waals surface area contributed by atoms with Crippen LogP contribution in [0.25, 0.3) is 0 Å². The summed E-state index contributed by atoms with van der Waals surface area (Å²) >= 11 is 0. The summed E-state index contributed by atoms with van der Waals surface area (Å²) in [6, 6.07) is 3.62. The van der Waals surface area contributed by atoms with E-state index < -0.39 is 16.4 Å². The Bertz CT molecular complexity index is 643. The zero-order chi connectivity index (χ0) is 16.1. The zero-order valence-electron chi connectivity index (χ0n) is 12.4. The van der Waals surface area contributed by atoms with E-state index in [0.717, 1.165) is 18.6 Å². The Morgan fingerprint density at radius 2 is 2.23 bits per heavy atom. The number of benzene rings is 1. The zero-order valence-corrected chi connectivity index (χ0v) is 12.4. The molecule has 0 spiro atoms. The van der Waals surface area contributed by atoms with Gasteiger partial charge in [0.1, 0.15) is 0 Å². The van der Waals surface area contributed by atoms with Crippen molar-refractivity contribution >= 4 is 11.6 Å². The van der Waals surface area contributed by atoms with Crippen molar-refractivity contribution in [1.29, 1.82) is 0 Å². The van der Waals surface area contributed by atoms with Gasteiger partial charge in [-0.1, -0.05) is 13.8 Å². The minimum absolute atomic E-state index is 0.00448. The number of hydrogen-bond donors (Lipinski definition) is 2. The second-order valence-electron chi connectivity index (χ2n) is 6.48. The number of aromatic hydroxyl groups is 1. The standard InChI is InChI=1S/C15H18N2O5/c1-15(2)12(9-5-6-22-13(9)15)16-14(19)8-3-4-10(17(20)21)11(18)7-8/h3-4,7,9,12-13,18H,5-6H2,1-2H3,(H,16,19)/t9-,12+,13+/m0/s1. The van der Waals surface area contributed by atoms with E-state index in [1.165, 1.54) is 6.07 Å². The molecular weight excluding hydrogens is 288 g/mol. The summed E-state index contributed by atoms with van der Waals surface area (Å²) in [4.78, 5) is 22.3. The highest BCUT2D eigenvalue weighted by Gasteiger charge is 2.59. The number of carbonyl (C=O) groups is 1. The van der Waals surface area contributed by atoms with E-state index in [1.54, 1.807) is 0 Å². The van der Waals surface area contributed by atoms with E-state index in [0.29, 0.717) is 12.5 Å². The van der Waals surface area contributed by atoms with Crippen molar-refractivity contribution in [3.8, 4) is 5.75 Å². The van der Waals surface area contributed by atoms with Crippen LogP contribution in [0.1, 0.15) is 30.6 Å². The van der Waals surface area contributed by atoms with Crippen molar-refractivity contribution < 1.29 is 19.6 Å². The first-order valence-corrected chi connectivity index (χ1v) is 7.22. The van der Waals surface area contributed by atoms with Gasteiger partial charge in [-0.3, -0.25) is 14.9 Å². The highest BCUT2D eigenvalue weighted by atomic mass is 16.6. The SMILES string of the molecule is CC1(C)[C@H](NC(=O)c2ccc([N+](=O)[O-])c(O)c2)[C@@H]2CCO[C@H]21. The van der Waals surface area contributed by atoms with Gasteiger partial charge in [0.05, 0.1) is 11.0 Å². The van der Waals surface area contributed by atoms with Crippen LogP contribution in [0.5, 0.6) is 5.75 Å². The second-order valence-corrected chi connectivity index (χ2v) is 6.48. The molecule has 0 bridgehead atoms. The van der Waals surface area contributed by atoms with Gasteiger partial charge >= 0.3 is 5.69 Å². The van der Waals surface area contributed by atoms with E-state index in [9.17, 15) is 20.0 Å². The van der Waals surface area contributed by atoms with Crippen LogP contribution in [-0.4, -0.2) is 34.7 Å². The Labute approximate surface area is 127 Å². The number of amides is 1. The molecule has 2 N–H and O–H groups in total. The molecule has 7 heteroatoms. The summed E-state index contributed by atoms with van der Waals surface area (Å²) in [5.74, 6) is -0.535. The third-order valence-electron chi connectivity index (χ3n) is 4.82. The van der Waals surface area contributed by atoms with Crippen molar-refractivity contribution in [2.75, 3.05) is 6.61 Å². The first-order valence-electron chi connectivity index (χ1n) is 7.22. The van der Waals surface area contributed by atoms with Crippen molar-refractivity contribution in [2.45, 2.75) is 32.4 Å². The summed E-state index contributed by atoms with van der Waals surface area (Å²) in [7, 11) is 0. The number of nitro benzene ring substituents is 1. The number of fused-ring (bicyclic) bond motifs is 1. The summed E-state index contributed by atoms with van der Waals surface area (Å²) in [5.41, 5.74) is -0.342. The summed E-state index contributed by atoms with van der Waals surface area (Å²) < 4.78 is 5.68. The lowest BCUT2D eigenvalue weighted by Gasteiger charge is -2.54. The molecule has 2 aliphatic rings. The molecule has 1 amide bonds. The van der Waals surface area contributed by atoms with Gasteiger partial charge in [-0.2, -0.15) is 0 Å². The van der Waals surface area contributed by atoms with Gasteiger partial charge in [-0.05, 0) is 18.6 Å². The van der Waals surface area contributed by atoms with Crippen LogP contribution in [0, 0.1) is 21.4 Å². The number of nitrogens with zero attached hydrogens (tertiary/aromatic N) is 1. The fourth-order valence-electron chi connectivity index (χ4n) is 3.66.